The molecule has 1 aliphatic heterocycles. The van der Waals surface area contributed by atoms with Gasteiger partial charge in [0.2, 0.25) is 0 Å². The maximum Gasteiger partial charge on any atom is 0.0669 e. The topological polar surface area (TPSA) is 35.8 Å². The predicted octanol–water partition coefficient (Wildman–Crippen LogP) is 2.13. The lowest BCUT2D eigenvalue weighted by Gasteiger charge is -2.14. The summed E-state index contributed by atoms with van der Waals surface area (Å²) >= 11 is 0. The first-order chi connectivity index (χ1) is 7.40. The molecule has 0 spiro atoms. The molecule has 0 atom stereocenters. The smallest absolute Gasteiger partial charge is 0.0669 e. The molecule has 0 aliphatic carbocycles. The summed E-state index contributed by atoms with van der Waals surface area (Å²) in [5.41, 5.74) is 3.80. The molecule has 0 aromatic heterocycles. The van der Waals surface area contributed by atoms with E-state index in [0.717, 1.165) is 25.1 Å². The van der Waals surface area contributed by atoms with Crippen LogP contribution in [0.1, 0.15) is 17.5 Å². The second-order valence-corrected chi connectivity index (χ2v) is 3.72. The van der Waals surface area contributed by atoms with E-state index in [4.69, 9.17) is 5.26 Å². The van der Waals surface area contributed by atoms with Crippen LogP contribution in [0.15, 0.2) is 30.3 Å². The molecule has 0 fully saturated rings. The third-order valence-electron chi connectivity index (χ3n) is 2.67. The van der Waals surface area contributed by atoms with Gasteiger partial charge in [0.1, 0.15) is 0 Å². The molecule has 2 heteroatoms. The molecule has 1 N–H and O–H groups in total. The van der Waals surface area contributed by atoms with Crippen molar-refractivity contribution < 1.29 is 0 Å². The molecule has 15 heavy (non-hydrogen) atoms. The number of hydrogen-bond acceptors (Lipinski definition) is 2. The summed E-state index contributed by atoms with van der Waals surface area (Å²) in [5.74, 6) is 0. The van der Waals surface area contributed by atoms with Gasteiger partial charge in [-0.2, -0.15) is 5.26 Å². The Labute approximate surface area is 90.2 Å². The number of nitrogens with zero attached hydrogens (tertiary/aromatic N) is 1. The summed E-state index contributed by atoms with van der Waals surface area (Å²) in [6, 6.07) is 10.5. The Bertz CT molecular complexity index is 396. The number of rotatable bonds is 2. The highest BCUT2D eigenvalue weighted by molar-refractivity contribution is 5.66. The molecule has 1 aliphatic rings. The highest BCUT2D eigenvalue weighted by Gasteiger charge is 2.04. The molecule has 2 rings (SSSR count). The summed E-state index contributed by atoms with van der Waals surface area (Å²) in [7, 11) is 0. The fourth-order valence-corrected chi connectivity index (χ4v) is 1.81. The summed E-state index contributed by atoms with van der Waals surface area (Å²) < 4.78 is 0. The van der Waals surface area contributed by atoms with E-state index in [1.54, 1.807) is 0 Å². The van der Waals surface area contributed by atoms with E-state index in [1.165, 1.54) is 11.1 Å². The zero-order chi connectivity index (χ0) is 10.5. The minimum atomic E-state index is 0.501. The van der Waals surface area contributed by atoms with Gasteiger partial charge < -0.3 is 5.32 Å². The molecular formula is C13H14N2. The van der Waals surface area contributed by atoms with E-state index in [2.05, 4.69) is 29.6 Å². The largest absolute Gasteiger partial charge is 0.313 e. The van der Waals surface area contributed by atoms with Gasteiger partial charge >= 0.3 is 0 Å². The lowest BCUT2D eigenvalue weighted by atomic mass is 9.99. The van der Waals surface area contributed by atoms with E-state index in [0.29, 0.717) is 6.42 Å². The van der Waals surface area contributed by atoms with E-state index in [9.17, 15) is 0 Å². The summed E-state index contributed by atoms with van der Waals surface area (Å²) in [6.07, 6.45) is 3.83. The Balaban J connectivity index is 2.16. The Morgan fingerprint density at radius 2 is 2.07 bits per heavy atom. The molecule has 1 heterocycles. The number of nitriles is 1. The first kappa shape index (κ1) is 9.95. The van der Waals surface area contributed by atoms with Crippen LogP contribution in [0.2, 0.25) is 0 Å². The molecule has 0 radical (unpaired) electrons. The van der Waals surface area contributed by atoms with Gasteiger partial charge in [-0.05, 0) is 29.7 Å². The highest BCUT2D eigenvalue weighted by atomic mass is 14.8. The third kappa shape index (κ3) is 2.45. The Kier molecular flexibility index (Phi) is 3.16. The number of nitrogens with one attached hydrogen (secondary N) is 1. The Hall–Kier alpha value is -1.59. The van der Waals surface area contributed by atoms with Gasteiger partial charge in [-0.25, -0.2) is 0 Å². The molecule has 0 saturated heterocycles. The Morgan fingerprint density at radius 1 is 1.27 bits per heavy atom. The molecule has 0 saturated carbocycles. The average molecular weight is 198 g/mol. The van der Waals surface area contributed by atoms with Gasteiger partial charge in [0.05, 0.1) is 12.5 Å². The van der Waals surface area contributed by atoms with Crippen molar-refractivity contribution in [1.29, 1.82) is 5.26 Å². The summed E-state index contributed by atoms with van der Waals surface area (Å²) in [6.45, 7) is 2.03. The first-order valence-corrected chi connectivity index (χ1v) is 5.26. The van der Waals surface area contributed by atoms with Gasteiger partial charge in [0.15, 0.2) is 0 Å². The molecule has 0 amide bonds. The SMILES string of the molecule is N#CCc1ccc(C2=CCNCC2)cc1. The van der Waals surface area contributed by atoms with Gasteiger partial charge in [0.25, 0.3) is 0 Å². The van der Waals surface area contributed by atoms with Crippen molar-refractivity contribution in [2.45, 2.75) is 12.8 Å². The van der Waals surface area contributed by atoms with Crippen LogP contribution in [0, 0.1) is 11.3 Å². The van der Waals surface area contributed by atoms with Crippen molar-refractivity contribution >= 4 is 5.57 Å². The van der Waals surface area contributed by atoms with Crippen LogP contribution in [0.3, 0.4) is 0 Å². The second kappa shape index (κ2) is 4.77. The van der Waals surface area contributed by atoms with Crippen molar-refractivity contribution in [3.05, 3.63) is 41.5 Å². The second-order valence-electron chi connectivity index (χ2n) is 3.72. The van der Waals surface area contributed by atoms with Gasteiger partial charge in [-0.3, -0.25) is 0 Å². The fraction of sp³-hybridized carbons (Fsp3) is 0.308. The maximum absolute atomic E-state index is 8.57. The van der Waals surface area contributed by atoms with Crippen molar-refractivity contribution in [1.82, 2.24) is 5.32 Å². The monoisotopic (exact) mass is 198 g/mol. The van der Waals surface area contributed by atoms with Crippen molar-refractivity contribution in [2.75, 3.05) is 13.1 Å². The maximum atomic E-state index is 8.57. The minimum absolute atomic E-state index is 0.501. The fourth-order valence-electron chi connectivity index (χ4n) is 1.81. The molecule has 76 valence electrons. The summed E-state index contributed by atoms with van der Waals surface area (Å²) in [5, 5.41) is 11.9. The normalized spacial score (nSPS) is 15.5. The Morgan fingerprint density at radius 3 is 2.67 bits per heavy atom. The van der Waals surface area contributed by atoms with Crippen LogP contribution in [-0.4, -0.2) is 13.1 Å². The predicted molar refractivity (Wildman–Crippen MR) is 61.2 cm³/mol. The standard InChI is InChI=1S/C13H14N2/c14-8-5-11-1-3-12(4-2-11)13-6-9-15-10-7-13/h1-4,6,15H,5,7,9-10H2. The van der Waals surface area contributed by atoms with E-state index < -0.39 is 0 Å². The lowest BCUT2D eigenvalue weighted by Crippen LogP contribution is -2.19. The minimum Gasteiger partial charge on any atom is -0.313 e. The van der Waals surface area contributed by atoms with Crippen molar-refractivity contribution in [3.63, 3.8) is 0 Å². The zero-order valence-corrected chi connectivity index (χ0v) is 8.66. The van der Waals surface area contributed by atoms with Crippen LogP contribution in [0.5, 0.6) is 0 Å². The van der Waals surface area contributed by atoms with Gasteiger partial charge in [-0.15, -0.1) is 0 Å². The van der Waals surface area contributed by atoms with Crippen LogP contribution in [0.25, 0.3) is 5.57 Å². The zero-order valence-electron chi connectivity index (χ0n) is 8.66. The van der Waals surface area contributed by atoms with Crippen LogP contribution in [-0.2, 0) is 6.42 Å². The molecule has 0 bridgehead atoms. The van der Waals surface area contributed by atoms with Crippen molar-refractivity contribution in [2.24, 2.45) is 0 Å². The quantitative estimate of drug-likeness (QED) is 0.790. The van der Waals surface area contributed by atoms with Gasteiger partial charge in [0, 0.05) is 6.54 Å². The van der Waals surface area contributed by atoms with E-state index in [1.807, 2.05) is 12.1 Å². The average Bonchev–Trinajstić information content (AvgIpc) is 2.32. The number of hydrogen-bond donors (Lipinski definition) is 1. The molecule has 1 aromatic rings. The van der Waals surface area contributed by atoms with E-state index >= 15 is 0 Å². The molecular weight excluding hydrogens is 184 g/mol. The highest BCUT2D eigenvalue weighted by Crippen LogP contribution is 2.19. The molecule has 1 aromatic carbocycles. The third-order valence-corrected chi connectivity index (χ3v) is 2.67. The first-order valence-electron chi connectivity index (χ1n) is 5.26. The van der Waals surface area contributed by atoms with Crippen LogP contribution in [0.4, 0.5) is 0 Å². The molecule has 0 unspecified atom stereocenters. The van der Waals surface area contributed by atoms with Crippen LogP contribution >= 0.6 is 0 Å². The summed E-state index contributed by atoms with van der Waals surface area (Å²) in [4.78, 5) is 0. The van der Waals surface area contributed by atoms with Crippen molar-refractivity contribution in [3.8, 4) is 6.07 Å². The van der Waals surface area contributed by atoms with Crippen LogP contribution < -0.4 is 5.32 Å². The lowest BCUT2D eigenvalue weighted by molar-refractivity contribution is 0.738. The van der Waals surface area contributed by atoms with Gasteiger partial charge in [-0.1, -0.05) is 30.3 Å². The molecule has 2 nitrogen and oxygen atoms in total. The number of benzene rings is 1. The van der Waals surface area contributed by atoms with E-state index in [-0.39, 0.29) is 0 Å².